The van der Waals surface area contributed by atoms with Gasteiger partial charge in [-0.2, -0.15) is 0 Å². The van der Waals surface area contributed by atoms with E-state index in [0.29, 0.717) is 6.04 Å². The highest BCUT2D eigenvalue weighted by molar-refractivity contribution is 4.86. The van der Waals surface area contributed by atoms with E-state index in [2.05, 4.69) is 31.0 Å². The first-order valence-corrected chi connectivity index (χ1v) is 8.71. The molecule has 0 spiro atoms. The van der Waals surface area contributed by atoms with Crippen molar-refractivity contribution in [3.8, 4) is 0 Å². The maximum atomic E-state index is 5.92. The zero-order valence-corrected chi connectivity index (χ0v) is 13.8. The molecule has 0 aromatic heterocycles. The van der Waals surface area contributed by atoms with Crippen LogP contribution in [-0.2, 0) is 4.74 Å². The summed E-state index contributed by atoms with van der Waals surface area (Å²) in [5.41, 5.74) is 0.103. The van der Waals surface area contributed by atoms with Crippen molar-refractivity contribution in [1.29, 1.82) is 0 Å². The number of hydrogen-bond donors (Lipinski definition) is 1. The third-order valence-corrected chi connectivity index (χ3v) is 5.12. The largest absolute Gasteiger partial charge is 0.375 e. The summed E-state index contributed by atoms with van der Waals surface area (Å²) in [5, 5.41) is 3.79. The van der Waals surface area contributed by atoms with Gasteiger partial charge in [0.15, 0.2) is 0 Å². The fourth-order valence-corrected chi connectivity index (χ4v) is 3.57. The molecule has 2 heterocycles. The highest BCUT2D eigenvalue weighted by Crippen LogP contribution is 2.27. The van der Waals surface area contributed by atoms with Gasteiger partial charge < -0.3 is 15.0 Å². The molecular weight excluding hydrogens is 248 g/mol. The van der Waals surface area contributed by atoms with Crippen molar-refractivity contribution >= 4 is 0 Å². The van der Waals surface area contributed by atoms with Crippen LogP contribution in [0.2, 0.25) is 0 Å². The molecule has 2 aliphatic rings. The molecule has 2 rings (SSSR count). The molecule has 1 N–H and O–H groups in total. The predicted octanol–water partition coefficient (Wildman–Crippen LogP) is 3.05. The molecule has 0 amide bonds. The molecule has 118 valence electrons. The van der Waals surface area contributed by atoms with Crippen LogP contribution in [0.1, 0.15) is 59.3 Å². The fourth-order valence-electron chi connectivity index (χ4n) is 3.57. The van der Waals surface area contributed by atoms with E-state index < -0.39 is 0 Å². The van der Waals surface area contributed by atoms with Crippen molar-refractivity contribution in [2.75, 3.05) is 32.8 Å². The zero-order valence-electron chi connectivity index (χ0n) is 13.8. The summed E-state index contributed by atoms with van der Waals surface area (Å²) in [4.78, 5) is 2.65. The number of ether oxygens (including phenoxy) is 1. The lowest BCUT2D eigenvalue weighted by Gasteiger charge is -2.38. The topological polar surface area (TPSA) is 24.5 Å². The van der Waals surface area contributed by atoms with Crippen LogP contribution in [0.15, 0.2) is 0 Å². The van der Waals surface area contributed by atoms with Crippen LogP contribution in [0, 0.1) is 5.92 Å². The summed E-state index contributed by atoms with van der Waals surface area (Å²) in [6.07, 6.45) is 7.69. The second kappa shape index (κ2) is 7.77. The maximum absolute atomic E-state index is 5.92. The monoisotopic (exact) mass is 282 g/mol. The molecule has 0 aromatic rings. The van der Waals surface area contributed by atoms with Crippen LogP contribution >= 0.6 is 0 Å². The number of nitrogens with one attached hydrogen (secondary N) is 1. The van der Waals surface area contributed by atoms with E-state index >= 15 is 0 Å². The molecule has 3 nitrogen and oxygen atoms in total. The van der Waals surface area contributed by atoms with E-state index in [1.54, 1.807) is 0 Å². The normalized spacial score (nSPS) is 34.0. The van der Waals surface area contributed by atoms with Crippen molar-refractivity contribution in [3.05, 3.63) is 0 Å². The Morgan fingerprint density at radius 3 is 2.75 bits per heavy atom. The minimum absolute atomic E-state index is 0.103. The summed E-state index contributed by atoms with van der Waals surface area (Å²) in [5.74, 6) is 0.754. The third kappa shape index (κ3) is 5.01. The van der Waals surface area contributed by atoms with Gasteiger partial charge in [0.25, 0.3) is 0 Å². The van der Waals surface area contributed by atoms with Crippen molar-refractivity contribution in [2.24, 2.45) is 5.92 Å². The van der Waals surface area contributed by atoms with Gasteiger partial charge in [0.2, 0.25) is 0 Å². The lowest BCUT2D eigenvalue weighted by atomic mass is 9.89. The summed E-state index contributed by atoms with van der Waals surface area (Å²) >= 11 is 0. The molecule has 2 aliphatic heterocycles. The lowest BCUT2D eigenvalue weighted by Crippen LogP contribution is -2.47. The molecule has 3 heteroatoms. The minimum Gasteiger partial charge on any atom is -0.375 e. The Balaban J connectivity index is 1.66. The first-order valence-electron chi connectivity index (χ1n) is 8.71. The van der Waals surface area contributed by atoms with E-state index in [-0.39, 0.29) is 5.60 Å². The quantitative estimate of drug-likeness (QED) is 0.810. The van der Waals surface area contributed by atoms with Gasteiger partial charge >= 0.3 is 0 Å². The Bertz CT molecular complexity index is 278. The summed E-state index contributed by atoms with van der Waals surface area (Å²) in [6.45, 7) is 12.9. The molecule has 0 saturated carbocycles. The maximum Gasteiger partial charge on any atom is 0.0666 e. The van der Waals surface area contributed by atoms with Crippen LogP contribution < -0.4 is 5.32 Å². The van der Waals surface area contributed by atoms with Crippen molar-refractivity contribution in [1.82, 2.24) is 10.2 Å². The number of likely N-dealkylation sites (tertiary alicyclic amines) is 1. The van der Waals surface area contributed by atoms with E-state index in [1.807, 2.05) is 0 Å². The van der Waals surface area contributed by atoms with Crippen LogP contribution in [-0.4, -0.2) is 49.3 Å². The van der Waals surface area contributed by atoms with E-state index in [4.69, 9.17) is 4.74 Å². The number of hydrogen-bond acceptors (Lipinski definition) is 3. The van der Waals surface area contributed by atoms with Gasteiger partial charge in [0.1, 0.15) is 0 Å². The van der Waals surface area contributed by atoms with Crippen LogP contribution in [0.3, 0.4) is 0 Å². The Hall–Kier alpha value is -0.120. The van der Waals surface area contributed by atoms with Crippen LogP contribution in [0.25, 0.3) is 0 Å². The number of piperidine rings is 1. The Kier molecular flexibility index (Phi) is 6.31. The molecular formula is C17H34N2O. The highest BCUT2D eigenvalue weighted by Gasteiger charge is 2.31. The van der Waals surface area contributed by atoms with Gasteiger partial charge in [-0.15, -0.1) is 0 Å². The summed E-state index contributed by atoms with van der Waals surface area (Å²) in [7, 11) is 0. The van der Waals surface area contributed by atoms with Gasteiger partial charge in [-0.05, 0) is 64.6 Å². The molecule has 0 aliphatic carbocycles. The van der Waals surface area contributed by atoms with Crippen molar-refractivity contribution in [2.45, 2.75) is 70.9 Å². The third-order valence-electron chi connectivity index (χ3n) is 5.12. The molecule has 0 aromatic carbocycles. The first kappa shape index (κ1) is 16.3. The SMILES string of the molecule is CCC1(C)CC(NCC(C)CN2CCCCC2)CCO1. The second-order valence-electron chi connectivity index (χ2n) is 7.22. The fraction of sp³-hybridized carbons (Fsp3) is 1.00. The average Bonchev–Trinajstić information content (AvgIpc) is 2.46. The number of rotatable bonds is 6. The van der Waals surface area contributed by atoms with Crippen LogP contribution in [0.4, 0.5) is 0 Å². The second-order valence-corrected chi connectivity index (χ2v) is 7.22. The van der Waals surface area contributed by atoms with Crippen molar-refractivity contribution < 1.29 is 4.74 Å². The Labute approximate surface area is 125 Å². The van der Waals surface area contributed by atoms with Crippen LogP contribution in [0.5, 0.6) is 0 Å². The molecule has 2 saturated heterocycles. The standard InChI is InChI=1S/C17H34N2O/c1-4-17(3)12-16(8-11-20-17)18-13-15(2)14-19-9-6-5-7-10-19/h15-16,18H,4-14H2,1-3H3. The molecule has 0 bridgehead atoms. The average molecular weight is 282 g/mol. The Morgan fingerprint density at radius 2 is 2.05 bits per heavy atom. The molecule has 3 unspecified atom stereocenters. The van der Waals surface area contributed by atoms with Gasteiger partial charge in [0, 0.05) is 19.2 Å². The minimum atomic E-state index is 0.103. The molecule has 0 radical (unpaired) electrons. The van der Waals surface area contributed by atoms with Gasteiger partial charge in [-0.1, -0.05) is 20.3 Å². The van der Waals surface area contributed by atoms with Crippen molar-refractivity contribution in [3.63, 3.8) is 0 Å². The molecule has 2 fully saturated rings. The van der Waals surface area contributed by atoms with E-state index in [9.17, 15) is 0 Å². The molecule has 3 atom stereocenters. The smallest absolute Gasteiger partial charge is 0.0666 e. The van der Waals surface area contributed by atoms with Gasteiger partial charge in [-0.3, -0.25) is 0 Å². The summed E-state index contributed by atoms with van der Waals surface area (Å²) in [6, 6.07) is 0.650. The van der Waals surface area contributed by atoms with E-state index in [1.165, 1.54) is 51.7 Å². The van der Waals surface area contributed by atoms with Gasteiger partial charge in [0.05, 0.1) is 5.60 Å². The summed E-state index contributed by atoms with van der Waals surface area (Å²) < 4.78 is 5.92. The van der Waals surface area contributed by atoms with E-state index in [0.717, 1.165) is 25.5 Å². The molecule has 20 heavy (non-hydrogen) atoms. The highest BCUT2D eigenvalue weighted by atomic mass is 16.5. The predicted molar refractivity (Wildman–Crippen MR) is 85.1 cm³/mol. The number of nitrogens with zero attached hydrogens (tertiary/aromatic N) is 1. The zero-order chi connectivity index (χ0) is 14.4. The first-order chi connectivity index (χ1) is 9.61. The van der Waals surface area contributed by atoms with Gasteiger partial charge in [-0.25, -0.2) is 0 Å². The lowest BCUT2D eigenvalue weighted by molar-refractivity contribution is -0.0782. The Morgan fingerprint density at radius 1 is 1.30 bits per heavy atom.